The van der Waals surface area contributed by atoms with Gasteiger partial charge in [0.1, 0.15) is 12.1 Å². The van der Waals surface area contributed by atoms with Crippen LogP contribution in [-0.4, -0.2) is 93.0 Å². The van der Waals surface area contributed by atoms with E-state index in [0.29, 0.717) is 25.0 Å². The number of hydrogen-bond donors (Lipinski definition) is 7. The Kier molecular flexibility index (Phi) is 16.7. The van der Waals surface area contributed by atoms with E-state index in [9.17, 15) is 24.3 Å². The zero-order chi connectivity index (χ0) is 39.0. The molecule has 4 amide bonds. The van der Waals surface area contributed by atoms with E-state index in [1.807, 2.05) is 76.2 Å². The minimum absolute atomic E-state index is 0.00963. The van der Waals surface area contributed by atoms with Crippen LogP contribution in [0.15, 0.2) is 73.2 Å². The largest absolute Gasteiger partial charge is 0.390 e. The number of rotatable bonds is 20. The Labute approximate surface area is 319 Å². The Morgan fingerprint density at radius 2 is 1.44 bits per heavy atom. The molecule has 0 aliphatic carbocycles. The molecule has 13 nitrogen and oxygen atoms in total. The molecule has 2 heterocycles. The average molecular weight is 745 g/mol. The fourth-order valence-electron chi connectivity index (χ4n) is 6.84. The third-order valence-electron chi connectivity index (χ3n) is 9.70. The Morgan fingerprint density at radius 1 is 0.815 bits per heavy atom. The SMILES string of the molecule is CC(C)C[C@H](NC(=O)C[C@H](O)[C@H](CC(C)C)NC(=O)[C@H](Cc1cnc[nH]1)NC(=O)[C@@H](N)Cc1ccccc1)C(=O)NC1CCN(Cc2ccccc2)CC1. The first kappa shape index (κ1) is 42.2. The van der Waals surface area contributed by atoms with Gasteiger partial charge in [-0.1, -0.05) is 88.4 Å². The summed E-state index contributed by atoms with van der Waals surface area (Å²) in [5.74, 6) is -1.55. The summed E-state index contributed by atoms with van der Waals surface area (Å²) in [7, 11) is 0. The molecule has 5 atom stereocenters. The topological polar surface area (TPSA) is 195 Å². The van der Waals surface area contributed by atoms with Crippen LogP contribution in [-0.2, 0) is 38.6 Å². The van der Waals surface area contributed by atoms with Gasteiger partial charge >= 0.3 is 0 Å². The number of nitrogens with one attached hydrogen (secondary N) is 5. The summed E-state index contributed by atoms with van der Waals surface area (Å²) in [6, 6.07) is 16.2. The number of carbonyl (C=O) groups is 4. The van der Waals surface area contributed by atoms with E-state index in [2.05, 4.69) is 48.3 Å². The zero-order valence-electron chi connectivity index (χ0n) is 32.2. The lowest BCUT2D eigenvalue weighted by atomic mass is 9.95. The van der Waals surface area contributed by atoms with Crippen molar-refractivity contribution in [1.82, 2.24) is 36.1 Å². The van der Waals surface area contributed by atoms with Crippen LogP contribution < -0.4 is 27.0 Å². The van der Waals surface area contributed by atoms with Crippen molar-refractivity contribution in [3.05, 3.63) is 90.0 Å². The molecule has 54 heavy (non-hydrogen) atoms. The van der Waals surface area contributed by atoms with Crippen LogP contribution in [0.2, 0.25) is 0 Å². The maximum Gasteiger partial charge on any atom is 0.243 e. The molecule has 0 saturated carbocycles. The van der Waals surface area contributed by atoms with Gasteiger partial charge in [-0.05, 0) is 55.1 Å². The van der Waals surface area contributed by atoms with Gasteiger partial charge < -0.3 is 37.1 Å². The van der Waals surface area contributed by atoms with Crippen LogP contribution in [0.5, 0.6) is 0 Å². The summed E-state index contributed by atoms with van der Waals surface area (Å²) in [4.78, 5) is 63.3. The number of aromatic amines is 1. The molecule has 0 bridgehead atoms. The number of benzene rings is 2. The highest BCUT2D eigenvalue weighted by Gasteiger charge is 2.32. The van der Waals surface area contributed by atoms with Crippen LogP contribution >= 0.6 is 0 Å². The number of aromatic nitrogens is 2. The molecule has 0 spiro atoms. The van der Waals surface area contributed by atoms with Crippen molar-refractivity contribution < 1.29 is 24.3 Å². The molecule has 2 aromatic carbocycles. The van der Waals surface area contributed by atoms with Gasteiger partial charge in [-0.2, -0.15) is 0 Å². The predicted molar refractivity (Wildman–Crippen MR) is 209 cm³/mol. The number of nitrogens with two attached hydrogens (primary N) is 1. The number of amides is 4. The first-order valence-electron chi connectivity index (χ1n) is 19.3. The Morgan fingerprint density at radius 3 is 2.04 bits per heavy atom. The minimum Gasteiger partial charge on any atom is -0.390 e. The number of nitrogens with zero attached hydrogens (tertiary/aromatic N) is 2. The van der Waals surface area contributed by atoms with Gasteiger partial charge in [0.05, 0.1) is 30.9 Å². The molecule has 0 unspecified atom stereocenters. The van der Waals surface area contributed by atoms with E-state index in [1.54, 1.807) is 6.20 Å². The molecule has 1 aromatic heterocycles. The molecular weight excluding hydrogens is 685 g/mol. The second-order valence-electron chi connectivity index (χ2n) is 15.4. The number of imidazole rings is 1. The lowest BCUT2D eigenvalue weighted by Gasteiger charge is -2.33. The molecule has 13 heteroatoms. The van der Waals surface area contributed by atoms with E-state index in [0.717, 1.165) is 38.0 Å². The monoisotopic (exact) mass is 744 g/mol. The summed E-state index contributed by atoms with van der Waals surface area (Å²) >= 11 is 0. The van der Waals surface area contributed by atoms with Crippen molar-refractivity contribution >= 4 is 23.6 Å². The first-order chi connectivity index (χ1) is 25.9. The molecule has 1 fully saturated rings. The molecule has 3 aromatic rings. The van der Waals surface area contributed by atoms with Gasteiger partial charge in [0.2, 0.25) is 23.6 Å². The molecule has 1 aliphatic heterocycles. The summed E-state index contributed by atoms with van der Waals surface area (Å²) in [6.07, 6.45) is 4.32. The second kappa shape index (κ2) is 21.3. The molecule has 1 aliphatic rings. The smallest absolute Gasteiger partial charge is 0.243 e. The van der Waals surface area contributed by atoms with E-state index in [1.165, 1.54) is 11.9 Å². The molecule has 4 rings (SSSR count). The lowest BCUT2D eigenvalue weighted by molar-refractivity contribution is -0.132. The molecule has 1 saturated heterocycles. The number of H-pyrrole nitrogens is 1. The highest BCUT2D eigenvalue weighted by atomic mass is 16.3. The van der Waals surface area contributed by atoms with Crippen LogP contribution in [0, 0.1) is 11.8 Å². The van der Waals surface area contributed by atoms with Gasteiger partial charge in [0.25, 0.3) is 0 Å². The maximum atomic E-state index is 13.8. The standard InChI is InChI=1S/C41H60N8O5/c1-27(2)19-34(47-41(54)36(22-32-24-43-26-44-32)48-39(52)33(42)21-29-11-7-5-8-12-29)37(50)23-38(51)46-35(20-28(3)4)40(53)45-31-15-17-49(18-16-31)25-30-13-9-6-10-14-30/h5-14,24,26-28,31,33-37,50H,15-23,25,42H2,1-4H3,(H,43,44)(H,45,53)(H,46,51)(H,47,54)(H,48,52)/t33-,34-,35-,36-,37-/m0/s1. The normalized spacial score (nSPS) is 16.6. The predicted octanol–water partition coefficient (Wildman–Crippen LogP) is 2.60. The zero-order valence-corrected chi connectivity index (χ0v) is 32.2. The van der Waals surface area contributed by atoms with Gasteiger partial charge in [-0.3, -0.25) is 24.1 Å². The van der Waals surface area contributed by atoms with Crippen molar-refractivity contribution in [3.63, 3.8) is 0 Å². The van der Waals surface area contributed by atoms with Gasteiger partial charge in [0, 0.05) is 44.0 Å². The fourth-order valence-corrected chi connectivity index (χ4v) is 6.84. The van der Waals surface area contributed by atoms with E-state index >= 15 is 0 Å². The third kappa shape index (κ3) is 14.3. The van der Waals surface area contributed by atoms with Crippen molar-refractivity contribution in [2.45, 2.75) is 115 Å². The summed E-state index contributed by atoms with van der Waals surface area (Å²) < 4.78 is 0. The minimum atomic E-state index is -1.25. The molecule has 8 N–H and O–H groups in total. The van der Waals surface area contributed by atoms with E-state index in [4.69, 9.17) is 5.73 Å². The second-order valence-corrected chi connectivity index (χ2v) is 15.4. The number of likely N-dealkylation sites (tertiary alicyclic amines) is 1. The summed E-state index contributed by atoms with van der Waals surface area (Å²) in [5, 5.41) is 23.1. The van der Waals surface area contributed by atoms with E-state index < -0.39 is 48.0 Å². The number of carbonyl (C=O) groups excluding carboxylic acids is 4. The molecule has 294 valence electrons. The van der Waals surface area contributed by atoms with Crippen molar-refractivity contribution in [2.75, 3.05) is 13.1 Å². The van der Waals surface area contributed by atoms with Crippen LogP contribution in [0.1, 0.15) is 76.6 Å². The number of aliphatic hydroxyl groups is 1. The van der Waals surface area contributed by atoms with Crippen LogP contribution in [0.25, 0.3) is 0 Å². The average Bonchev–Trinajstić information content (AvgIpc) is 3.65. The lowest BCUT2D eigenvalue weighted by Crippen LogP contribution is -2.57. The number of piperidine rings is 1. The number of aliphatic hydroxyl groups excluding tert-OH is 1. The molecular formula is C41H60N8O5. The highest BCUT2D eigenvalue weighted by molar-refractivity contribution is 5.90. The van der Waals surface area contributed by atoms with Crippen LogP contribution in [0.4, 0.5) is 0 Å². The summed E-state index contributed by atoms with van der Waals surface area (Å²) in [6.45, 7) is 10.5. The fraction of sp³-hybridized carbons (Fsp3) is 0.537. The Bertz CT molecular complexity index is 1580. The van der Waals surface area contributed by atoms with Gasteiger partial charge in [-0.15, -0.1) is 0 Å². The summed E-state index contributed by atoms with van der Waals surface area (Å²) in [5.41, 5.74) is 9.01. The maximum absolute atomic E-state index is 13.8. The Balaban J connectivity index is 1.34. The van der Waals surface area contributed by atoms with Crippen molar-refractivity contribution in [3.8, 4) is 0 Å². The first-order valence-corrected chi connectivity index (χ1v) is 19.3. The van der Waals surface area contributed by atoms with Crippen molar-refractivity contribution in [1.29, 1.82) is 0 Å². The number of hydrogen-bond acceptors (Lipinski definition) is 8. The highest BCUT2D eigenvalue weighted by Crippen LogP contribution is 2.16. The van der Waals surface area contributed by atoms with Gasteiger partial charge in [0.15, 0.2) is 0 Å². The van der Waals surface area contributed by atoms with Crippen molar-refractivity contribution in [2.24, 2.45) is 17.6 Å². The quantitative estimate of drug-likeness (QED) is 0.0918. The van der Waals surface area contributed by atoms with Crippen LogP contribution in [0.3, 0.4) is 0 Å². The third-order valence-corrected chi connectivity index (χ3v) is 9.70. The van der Waals surface area contributed by atoms with Gasteiger partial charge in [-0.25, -0.2) is 4.98 Å². The molecule has 0 radical (unpaired) electrons. The van der Waals surface area contributed by atoms with E-state index in [-0.39, 0.29) is 36.6 Å². The Hall–Kier alpha value is -4.59.